The second-order valence-corrected chi connectivity index (χ2v) is 7.03. The maximum Gasteiger partial charge on any atom is 0.365 e. The summed E-state index contributed by atoms with van der Waals surface area (Å²) in [4.78, 5) is 25.5. The molecular formula is C19H20BrN2O3+. The van der Waals surface area contributed by atoms with E-state index in [0.717, 1.165) is 20.6 Å². The molecule has 5 nitrogen and oxygen atoms in total. The molecule has 0 spiro atoms. The molecule has 2 aromatic carbocycles. The van der Waals surface area contributed by atoms with E-state index in [2.05, 4.69) is 27.3 Å². The van der Waals surface area contributed by atoms with Crippen LogP contribution >= 0.6 is 15.9 Å². The molecule has 25 heavy (non-hydrogen) atoms. The minimum Gasteiger partial charge on any atom is -0.465 e. The van der Waals surface area contributed by atoms with Crippen molar-refractivity contribution in [1.82, 2.24) is 0 Å². The summed E-state index contributed by atoms with van der Waals surface area (Å²) in [7, 11) is 1.39. The molecule has 0 radical (unpaired) electrons. The lowest BCUT2D eigenvalue weighted by molar-refractivity contribution is -0.924. The van der Waals surface area contributed by atoms with Gasteiger partial charge in [-0.2, -0.15) is 0 Å². The second kappa shape index (κ2) is 7.80. The Morgan fingerprint density at radius 2 is 1.84 bits per heavy atom. The number of carbonyl (C=O) groups is 2. The summed E-state index contributed by atoms with van der Waals surface area (Å²) in [5.74, 6) is -0.397. The standard InChI is InChI=1S/C19H19BrN2O3/c1-25-19(24)17-10-13-4-2-3-5-14(13)11-22(17)12-18(23)21-16-8-6-15(20)7-9-16/h2-9,17H,10-12H2,1H3,(H,21,23)/p+1/t17-/m1/s1. The van der Waals surface area contributed by atoms with Gasteiger partial charge in [0.1, 0.15) is 6.54 Å². The second-order valence-electron chi connectivity index (χ2n) is 6.12. The van der Waals surface area contributed by atoms with Crippen molar-refractivity contribution in [3.63, 3.8) is 0 Å². The van der Waals surface area contributed by atoms with Gasteiger partial charge in [0.2, 0.25) is 0 Å². The Balaban J connectivity index is 1.73. The van der Waals surface area contributed by atoms with Crippen LogP contribution in [0.15, 0.2) is 53.0 Å². The van der Waals surface area contributed by atoms with Crippen LogP contribution in [0.1, 0.15) is 11.1 Å². The van der Waals surface area contributed by atoms with Gasteiger partial charge in [0.15, 0.2) is 12.6 Å². The zero-order valence-electron chi connectivity index (χ0n) is 13.9. The Bertz CT molecular complexity index is 776. The van der Waals surface area contributed by atoms with Crippen molar-refractivity contribution < 1.29 is 19.2 Å². The van der Waals surface area contributed by atoms with Crippen LogP contribution in [0.2, 0.25) is 0 Å². The molecule has 130 valence electrons. The first-order valence-electron chi connectivity index (χ1n) is 8.11. The average Bonchev–Trinajstić information content (AvgIpc) is 2.62. The van der Waals surface area contributed by atoms with Crippen LogP contribution in [0.25, 0.3) is 0 Å². The van der Waals surface area contributed by atoms with Gasteiger partial charge in [0, 0.05) is 22.1 Å². The third kappa shape index (κ3) is 4.27. The van der Waals surface area contributed by atoms with Crippen molar-refractivity contribution in [2.75, 3.05) is 19.0 Å². The Morgan fingerprint density at radius 3 is 2.52 bits per heavy atom. The van der Waals surface area contributed by atoms with E-state index in [-0.39, 0.29) is 24.5 Å². The third-order valence-electron chi connectivity index (χ3n) is 4.45. The van der Waals surface area contributed by atoms with Crippen LogP contribution < -0.4 is 10.2 Å². The highest BCUT2D eigenvalue weighted by Gasteiger charge is 2.37. The molecule has 2 N–H and O–H groups in total. The van der Waals surface area contributed by atoms with Crippen LogP contribution in [0.4, 0.5) is 5.69 Å². The number of nitrogens with one attached hydrogen (secondary N) is 2. The van der Waals surface area contributed by atoms with Gasteiger partial charge in [-0.1, -0.05) is 40.2 Å². The van der Waals surface area contributed by atoms with Crippen molar-refractivity contribution in [2.24, 2.45) is 0 Å². The van der Waals surface area contributed by atoms with Crippen molar-refractivity contribution in [3.05, 3.63) is 64.1 Å². The summed E-state index contributed by atoms with van der Waals surface area (Å²) < 4.78 is 5.90. The number of hydrogen-bond donors (Lipinski definition) is 2. The zero-order valence-corrected chi connectivity index (χ0v) is 15.5. The van der Waals surface area contributed by atoms with Gasteiger partial charge in [-0.15, -0.1) is 0 Å². The minimum absolute atomic E-state index is 0.120. The Hall–Kier alpha value is -2.18. The molecular weight excluding hydrogens is 384 g/mol. The quantitative estimate of drug-likeness (QED) is 0.761. The number of halogens is 1. The minimum atomic E-state index is -0.365. The monoisotopic (exact) mass is 403 g/mol. The molecule has 2 atom stereocenters. The van der Waals surface area contributed by atoms with Crippen molar-refractivity contribution in [1.29, 1.82) is 0 Å². The lowest BCUT2D eigenvalue weighted by Gasteiger charge is -2.31. The van der Waals surface area contributed by atoms with Crippen molar-refractivity contribution >= 4 is 33.5 Å². The fourth-order valence-corrected chi connectivity index (χ4v) is 3.45. The number of hydrogen-bond acceptors (Lipinski definition) is 3. The number of quaternary nitrogens is 1. The van der Waals surface area contributed by atoms with E-state index in [4.69, 9.17) is 4.74 Å². The van der Waals surface area contributed by atoms with Gasteiger partial charge >= 0.3 is 5.97 Å². The van der Waals surface area contributed by atoms with E-state index >= 15 is 0 Å². The van der Waals surface area contributed by atoms with E-state index in [1.165, 1.54) is 12.7 Å². The first-order valence-corrected chi connectivity index (χ1v) is 8.90. The normalized spacial score (nSPS) is 19.0. The van der Waals surface area contributed by atoms with Crippen LogP contribution in [0, 0.1) is 0 Å². The molecule has 0 fully saturated rings. The van der Waals surface area contributed by atoms with Gasteiger partial charge in [-0.3, -0.25) is 4.79 Å². The maximum absolute atomic E-state index is 12.4. The van der Waals surface area contributed by atoms with Gasteiger partial charge < -0.3 is 15.0 Å². The number of amides is 1. The number of rotatable bonds is 4. The molecule has 1 aliphatic rings. The predicted molar refractivity (Wildman–Crippen MR) is 98.3 cm³/mol. The Kier molecular flexibility index (Phi) is 5.50. The van der Waals surface area contributed by atoms with E-state index in [1.54, 1.807) is 0 Å². The maximum atomic E-state index is 12.4. The Labute approximate surface area is 155 Å². The molecule has 6 heteroatoms. The lowest BCUT2D eigenvalue weighted by Crippen LogP contribution is -3.17. The van der Waals surface area contributed by atoms with E-state index in [1.807, 2.05) is 42.5 Å². The summed E-state index contributed by atoms with van der Waals surface area (Å²) >= 11 is 3.37. The summed E-state index contributed by atoms with van der Waals surface area (Å²) in [6.07, 6.45) is 0.587. The number of benzene rings is 2. The highest BCUT2D eigenvalue weighted by atomic mass is 79.9. The molecule has 1 amide bonds. The average molecular weight is 404 g/mol. The van der Waals surface area contributed by atoms with Crippen LogP contribution in [0.3, 0.4) is 0 Å². The van der Waals surface area contributed by atoms with Gasteiger partial charge in [-0.05, 0) is 29.8 Å². The number of ether oxygens (including phenoxy) is 1. The van der Waals surface area contributed by atoms with Crippen LogP contribution in [0.5, 0.6) is 0 Å². The first kappa shape index (κ1) is 17.6. The molecule has 2 aromatic rings. The number of anilines is 1. The number of fused-ring (bicyclic) bond motifs is 1. The molecule has 1 heterocycles. The number of esters is 1. The predicted octanol–water partition coefficient (Wildman–Crippen LogP) is 1.57. The largest absolute Gasteiger partial charge is 0.465 e. The van der Waals surface area contributed by atoms with Gasteiger partial charge in [0.25, 0.3) is 5.91 Å². The van der Waals surface area contributed by atoms with Crippen molar-refractivity contribution in [2.45, 2.75) is 19.0 Å². The highest BCUT2D eigenvalue weighted by molar-refractivity contribution is 9.10. The third-order valence-corrected chi connectivity index (χ3v) is 4.98. The fraction of sp³-hybridized carbons (Fsp3) is 0.263. The topological polar surface area (TPSA) is 59.8 Å². The molecule has 1 aliphatic heterocycles. The van der Waals surface area contributed by atoms with E-state index in [0.29, 0.717) is 13.0 Å². The number of carbonyl (C=O) groups excluding carboxylic acids is 2. The molecule has 1 unspecified atom stereocenters. The first-order chi connectivity index (χ1) is 12.1. The summed E-state index contributed by atoms with van der Waals surface area (Å²) in [5, 5.41) is 2.89. The van der Waals surface area contributed by atoms with Crippen molar-refractivity contribution in [3.8, 4) is 0 Å². The van der Waals surface area contributed by atoms with Gasteiger partial charge in [0.05, 0.1) is 7.11 Å². The highest BCUT2D eigenvalue weighted by Crippen LogP contribution is 2.15. The fourth-order valence-electron chi connectivity index (χ4n) is 3.18. The molecule has 3 rings (SSSR count). The Morgan fingerprint density at radius 1 is 1.16 bits per heavy atom. The van der Waals surface area contributed by atoms with Crippen LogP contribution in [-0.2, 0) is 27.3 Å². The van der Waals surface area contributed by atoms with Crippen LogP contribution in [-0.4, -0.2) is 31.6 Å². The summed E-state index contributed by atoms with van der Waals surface area (Å²) in [6, 6.07) is 15.1. The van der Waals surface area contributed by atoms with E-state index < -0.39 is 0 Å². The summed E-state index contributed by atoms with van der Waals surface area (Å²) in [5.41, 5.74) is 3.06. The molecule has 0 bridgehead atoms. The summed E-state index contributed by atoms with van der Waals surface area (Å²) in [6.45, 7) is 0.841. The molecule has 0 aliphatic carbocycles. The molecule has 0 saturated carbocycles. The van der Waals surface area contributed by atoms with Gasteiger partial charge in [-0.25, -0.2) is 4.79 Å². The molecule has 0 saturated heterocycles. The van der Waals surface area contributed by atoms with E-state index in [9.17, 15) is 9.59 Å². The number of methoxy groups -OCH3 is 1. The zero-order chi connectivity index (χ0) is 17.8. The smallest absolute Gasteiger partial charge is 0.365 e. The molecule has 0 aromatic heterocycles. The lowest BCUT2D eigenvalue weighted by atomic mass is 9.94. The SMILES string of the molecule is COC(=O)[C@H]1Cc2ccccc2C[NH+]1CC(=O)Nc1ccc(Br)cc1.